The third-order valence-electron chi connectivity index (χ3n) is 4.86. The number of nitrogens with two attached hydrogens (primary N) is 1. The van der Waals surface area contributed by atoms with Crippen molar-refractivity contribution in [1.29, 1.82) is 0 Å². The van der Waals surface area contributed by atoms with Crippen molar-refractivity contribution in [3.8, 4) is 0 Å². The molecule has 2 aliphatic rings. The highest BCUT2D eigenvalue weighted by molar-refractivity contribution is 5.76. The lowest BCUT2D eigenvalue weighted by molar-refractivity contribution is -0.123. The van der Waals surface area contributed by atoms with Crippen LogP contribution < -0.4 is 11.1 Å². The van der Waals surface area contributed by atoms with Crippen LogP contribution in [-0.4, -0.2) is 18.0 Å². The summed E-state index contributed by atoms with van der Waals surface area (Å²) in [4.78, 5) is 12.0. The molecule has 2 rings (SSSR count). The van der Waals surface area contributed by atoms with Crippen LogP contribution in [-0.2, 0) is 4.79 Å². The van der Waals surface area contributed by atoms with Crippen molar-refractivity contribution in [3.63, 3.8) is 0 Å². The molecule has 0 aromatic rings. The van der Waals surface area contributed by atoms with Crippen LogP contribution in [0.1, 0.15) is 64.7 Å². The van der Waals surface area contributed by atoms with Crippen molar-refractivity contribution in [1.82, 2.24) is 5.32 Å². The van der Waals surface area contributed by atoms with Crippen LogP contribution in [0.3, 0.4) is 0 Å². The SMILES string of the molecule is CC(NC(=O)CC1CCC(N)CC1)C1CCCC1. The molecule has 3 heteroatoms. The van der Waals surface area contributed by atoms with E-state index in [1.807, 2.05) is 0 Å². The van der Waals surface area contributed by atoms with E-state index in [-0.39, 0.29) is 5.91 Å². The van der Waals surface area contributed by atoms with E-state index in [1.54, 1.807) is 0 Å². The quantitative estimate of drug-likeness (QED) is 0.808. The van der Waals surface area contributed by atoms with Gasteiger partial charge in [-0.25, -0.2) is 0 Å². The van der Waals surface area contributed by atoms with Gasteiger partial charge in [0.1, 0.15) is 0 Å². The van der Waals surface area contributed by atoms with Crippen molar-refractivity contribution in [2.45, 2.75) is 76.8 Å². The van der Waals surface area contributed by atoms with Gasteiger partial charge >= 0.3 is 0 Å². The van der Waals surface area contributed by atoms with Crippen LogP contribution in [0.25, 0.3) is 0 Å². The zero-order chi connectivity index (χ0) is 13.0. The van der Waals surface area contributed by atoms with E-state index in [0.29, 0.717) is 30.3 Å². The number of hydrogen-bond acceptors (Lipinski definition) is 2. The number of carbonyl (C=O) groups excluding carboxylic acids is 1. The summed E-state index contributed by atoms with van der Waals surface area (Å²) >= 11 is 0. The van der Waals surface area contributed by atoms with Gasteiger partial charge in [-0.3, -0.25) is 4.79 Å². The minimum Gasteiger partial charge on any atom is -0.353 e. The second-order valence-corrected chi connectivity index (χ2v) is 6.39. The van der Waals surface area contributed by atoms with E-state index < -0.39 is 0 Å². The molecular weight excluding hydrogens is 224 g/mol. The topological polar surface area (TPSA) is 55.1 Å². The fourth-order valence-electron chi connectivity index (χ4n) is 3.54. The van der Waals surface area contributed by atoms with Gasteiger partial charge in [-0.1, -0.05) is 12.8 Å². The standard InChI is InChI=1S/C15H28N2O/c1-11(13-4-2-3-5-13)17-15(18)10-12-6-8-14(16)9-7-12/h11-14H,2-10,16H2,1H3,(H,17,18). The molecule has 2 aliphatic carbocycles. The fraction of sp³-hybridized carbons (Fsp3) is 0.933. The van der Waals surface area contributed by atoms with E-state index in [2.05, 4.69) is 12.2 Å². The average molecular weight is 252 g/mol. The van der Waals surface area contributed by atoms with E-state index in [9.17, 15) is 4.79 Å². The summed E-state index contributed by atoms with van der Waals surface area (Å²) in [5.74, 6) is 1.55. The Bertz CT molecular complexity index is 266. The number of nitrogens with one attached hydrogen (secondary N) is 1. The molecule has 0 spiro atoms. The molecule has 18 heavy (non-hydrogen) atoms. The highest BCUT2D eigenvalue weighted by Crippen LogP contribution is 2.28. The summed E-state index contributed by atoms with van der Waals surface area (Å²) in [6.45, 7) is 2.17. The minimum absolute atomic E-state index is 0.259. The van der Waals surface area contributed by atoms with Gasteiger partial charge in [-0.05, 0) is 57.3 Å². The third kappa shape index (κ3) is 3.98. The normalized spacial score (nSPS) is 31.2. The maximum atomic E-state index is 12.0. The number of carbonyl (C=O) groups is 1. The third-order valence-corrected chi connectivity index (χ3v) is 4.86. The first kappa shape index (κ1) is 13.9. The van der Waals surface area contributed by atoms with Gasteiger partial charge < -0.3 is 11.1 Å². The van der Waals surface area contributed by atoms with Gasteiger partial charge in [0, 0.05) is 18.5 Å². The summed E-state index contributed by atoms with van der Waals surface area (Å²) in [5, 5.41) is 3.21. The molecular formula is C15H28N2O. The average Bonchev–Trinajstić information content (AvgIpc) is 2.85. The molecule has 0 heterocycles. The van der Waals surface area contributed by atoms with Crippen molar-refractivity contribution in [3.05, 3.63) is 0 Å². The number of rotatable bonds is 4. The Morgan fingerprint density at radius 3 is 2.39 bits per heavy atom. The lowest BCUT2D eigenvalue weighted by Crippen LogP contribution is -2.38. The first-order chi connectivity index (χ1) is 8.65. The Kier molecular flexibility index (Phi) is 5.04. The zero-order valence-electron chi connectivity index (χ0n) is 11.7. The number of amides is 1. The first-order valence-corrected chi connectivity index (χ1v) is 7.70. The first-order valence-electron chi connectivity index (χ1n) is 7.70. The van der Waals surface area contributed by atoms with Gasteiger partial charge in [0.15, 0.2) is 0 Å². The largest absolute Gasteiger partial charge is 0.353 e. The molecule has 3 N–H and O–H groups in total. The number of hydrogen-bond donors (Lipinski definition) is 2. The Hall–Kier alpha value is -0.570. The van der Waals surface area contributed by atoms with Crippen LogP contribution in [0.5, 0.6) is 0 Å². The van der Waals surface area contributed by atoms with Crippen LogP contribution in [0.4, 0.5) is 0 Å². The van der Waals surface area contributed by atoms with E-state index in [4.69, 9.17) is 5.73 Å². The van der Waals surface area contributed by atoms with Crippen molar-refractivity contribution < 1.29 is 4.79 Å². The Morgan fingerprint density at radius 1 is 1.17 bits per heavy atom. The molecule has 0 radical (unpaired) electrons. The van der Waals surface area contributed by atoms with E-state index >= 15 is 0 Å². The Morgan fingerprint density at radius 2 is 1.78 bits per heavy atom. The predicted molar refractivity (Wildman–Crippen MR) is 74.1 cm³/mol. The van der Waals surface area contributed by atoms with Crippen molar-refractivity contribution >= 4 is 5.91 Å². The highest BCUT2D eigenvalue weighted by atomic mass is 16.1. The van der Waals surface area contributed by atoms with Crippen LogP contribution in [0.2, 0.25) is 0 Å². The monoisotopic (exact) mass is 252 g/mol. The minimum atomic E-state index is 0.259. The predicted octanol–water partition coefficient (Wildman–Crippen LogP) is 2.59. The van der Waals surface area contributed by atoms with Gasteiger partial charge in [0.2, 0.25) is 5.91 Å². The molecule has 0 aromatic carbocycles. The fourth-order valence-corrected chi connectivity index (χ4v) is 3.54. The van der Waals surface area contributed by atoms with Crippen molar-refractivity contribution in [2.24, 2.45) is 17.6 Å². The molecule has 0 saturated heterocycles. The molecule has 2 fully saturated rings. The van der Waals surface area contributed by atoms with Crippen LogP contribution >= 0.6 is 0 Å². The lowest BCUT2D eigenvalue weighted by atomic mass is 9.84. The molecule has 1 unspecified atom stereocenters. The summed E-state index contributed by atoms with van der Waals surface area (Å²) in [6.07, 6.45) is 10.4. The van der Waals surface area contributed by atoms with Gasteiger partial charge in [0.25, 0.3) is 0 Å². The maximum absolute atomic E-state index is 12.0. The van der Waals surface area contributed by atoms with Crippen LogP contribution in [0.15, 0.2) is 0 Å². The Labute approximate surface area is 111 Å². The van der Waals surface area contributed by atoms with Crippen molar-refractivity contribution in [2.75, 3.05) is 0 Å². The highest BCUT2D eigenvalue weighted by Gasteiger charge is 2.25. The second-order valence-electron chi connectivity index (χ2n) is 6.39. The van der Waals surface area contributed by atoms with Gasteiger partial charge in [-0.15, -0.1) is 0 Å². The summed E-state index contributed by atoms with van der Waals surface area (Å²) in [5.41, 5.74) is 5.89. The molecule has 0 bridgehead atoms. The molecule has 0 aliphatic heterocycles. The maximum Gasteiger partial charge on any atom is 0.220 e. The lowest BCUT2D eigenvalue weighted by Gasteiger charge is -2.27. The van der Waals surface area contributed by atoms with Gasteiger partial charge in [0.05, 0.1) is 0 Å². The molecule has 0 aromatic heterocycles. The summed E-state index contributed by atoms with van der Waals surface area (Å²) in [7, 11) is 0. The molecule has 1 atom stereocenters. The summed E-state index contributed by atoms with van der Waals surface area (Å²) < 4.78 is 0. The molecule has 2 saturated carbocycles. The molecule has 1 amide bonds. The van der Waals surface area contributed by atoms with Crippen LogP contribution in [0, 0.1) is 11.8 Å². The molecule has 3 nitrogen and oxygen atoms in total. The van der Waals surface area contributed by atoms with E-state index in [0.717, 1.165) is 25.7 Å². The summed E-state index contributed by atoms with van der Waals surface area (Å²) in [6, 6.07) is 0.743. The second kappa shape index (κ2) is 6.55. The zero-order valence-corrected chi connectivity index (χ0v) is 11.7. The Balaban J connectivity index is 1.68. The van der Waals surface area contributed by atoms with Gasteiger partial charge in [-0.2, -0.15) is 0 Å². The smallest absolute Gasteiger partial charge is 0.220 e. The van der Waals surface area contributed by atoms with E-state index in [1.165, 1.54) is 25.7 Å². The molecule has 104 valence electrons.